The summed E-state index contributed by atoms with van der Waals surface area (Å²) in [6.07, 6.45) is 1.85. The Kier molecular flexibility index (Phi) is 5.13. The lowest BCUT2D eigenvalue weighted by Crippen LogP contribution is -2.25. The smallest absolute Gasteiger partial charge is 0.251 e. The molecule has 0 aromatic heterocycles. The Morgan fingerprint density at radius 2 is 1.55 bits per heavy atom. The van der Waals surface area contributed by atoms with Crippen LogP contribution in [0.25, 0.3) is 0 Å². The number of nitrogens with one attached hydrogen (secondary N) is 1. The molecule has 2 rings (SSSR count). The van der Waals surface area contributed by atoms with Gasteiger partial charge < -0.3 is 5.32 Å². The second-order valence-corrected chi connectivity index (χ2v) is 4.78. The Morgan fingerprint density at radius 3 is 2.20 bits per heavy atom. The van der Waals surface area contributed by atoms with Crippen LogP contribution in [0, 0.1) is 0 Å². The van der Waals surface area contributed by atoms with Crippen molar-refractivity contribution >= 4 is 5.91 Å². The molecule has 20 heavy (non-hydrogen) atoms. The van der Waals surface area contributed by atoms with Gasteiger partial charge in [-0.25, -0.2) is 0 Å². The van der Waals surface area contributed by atoms with Gasteiger partial charge in [0.15, 0.2) is 0 Å². The van der Waals surface area contributed by atoms with Crippen molar-refractivity contribution in [2.45, 2.75) is 12.8 Å². The van der Waals surface area contributed by atoms with Crippen LogP contribution >= 0.6 is 0 Å². The molecule has 0 aliphatic carbocycles. The third-order valence-corrected chi connectivity index (χ3v) is 3.14. The number of carbonyl (C=O) groups is 1. The maximum absolute atomic E-state index is 11.9. The maximum Gasteiger partial charge on any atom is 0.251 e. The van der Waals surface area contributed by atoms with E-state index >= 15 is 0 Å². The molecule has 0 unspecified atom stereocenters. The summed E-state index contributed by atoms with van der Waals surface area (Å²) in [7, 11) is 0. The van der Waals surface area contributed by atoms with Gasteiger partial charge in [-0.05, 0) is 30.5 Å². The highest BCUT2D eigenvalue weighted by atomic mass is 16.1. The van der Waals surface area contributed by atoms with Crippen LogP contribution in [-0.4, -0.2) is 12.5 Å². The lowest BCUT2D eigenvalue weighted by molar-refractivity contribution is 0.0957. The molecular weight excluding hydrogens is 246 g/mol. The number of benzene rings is 2. The molecule has 0 spiro atoms. The van der Waals surface area contributed by atoms with Crippen molar-refractivity contribution in [1.82, 2.24) is 5.32 Å². The van der Waals surface area contributed by atoms with E-state index in [4.69, 9.17) is 0 Å². The Labute approximate surface area is 120 Å². The highest BCUT2D eigenvalue weighted by molar-refractivity contribution is 5.94. The van der Waals surface area contributed by atoms with E-state index in [9.17, 15) is 4.79 Å². The summed E-state index contributed by atoms with van der Waals surface area (Å²) in [5.41, 5.74) is 3.02. The molecule has 0 radical (unpaired) electrons. The summed E-state index contributed by atoms with van der Waals surface area (Å²) in [6.45, 7) is 4.55. The average molecular weight is 265 g/mol. The van der Waals surface area contributed by atoms with Crippen LogP contribution in [0.1, 0.15) is 22.3 Å². The minimum absolute atomic E-state index is 0.0496. The molecule has 1 N–H and O–H groups in total. The average Bonchev–Trinajstić information content (AvgIpc) is 2.52. The summed E-state index contributed by atoms with van der Waals surface area (Å²) in [6, 6.07) is 19.5. The van der Waals surface area contributed by atoms with Crippen molar-refractivity contribution in [2.24, 2.45) is 0 Å². The zero-order valence-electron chi connectivity index (χ0n) is 11.5. The first-order valence-electron chi connectivity index (χ1n) is 6.79. The second kappa shape index (κ2) is 7.29. The third kappa shape index (κ3) is 4.39. The topological polar surface area (TPSA) is 29.1 Å². The predicted octanol–water partition coefficient (Wildman–Crippen LogP) is 3.61. The summed E-state index contributed by atoms with van der Waals surface area (Å²) in [5.74, 6) is -0.0496. The largest absolute Gasteiger partial charge is 0.348 e. The number of rotatable bonds is 6. The minimum atomic E-state index is -0.0496. The molecule has 0 fully saturated rings. The first-order chi connectivity index (χ1) is 9.75. The lowest BCUT2D eigenvalue weighted by atomic mass is 10.1. The van der Waals surface area contributed by atoms with E-state index in [0.717, 1.165) is 18.4 Å². The first-order valence-corrected chi connectivity index (χ1v) is 6.79. The fourth-order valence-electron chi connectivity index (χ4n) is 1.95. The Bertz CT molecular complexity index is 560. The van der Waals surface area contributed by atoms with Gasteiger partial charge in [0.05, 0.1) is 0 Å². The normalized spacial score (nSPS) is 10.0. The first kappa shape index (κ1) is 14.1. The third-order valence-electron chi connectivity index (χ3n) is 3.14. The molecule has 0 atom stereocenters. The van der Waals surface area contributed by atoms with Gasteiger partial charge in [-0.2, -0.15) is 0 Å². The van der Waals surface area contributed by atoms with E-state index in [1.807, 2.05) is 48.5 Å². The van der Waals surface area contributed by atoms with E-state index in [2.05, 4.69) is 24.0 Å². The van der Waals surface area contributed by atoms with Crippen LogP contribution in [-0.2, 0) is 6.42 Å². The monoisotopic (exact) mass is 265 g/mol. The molecule has 2 aromatic carbocycles. The quantitative estimate of drug-likeness (QED) is 0.794. The summed E-state index contributed by atoms with van der Waals surface area (Å²) in [5, 5.41) is 2.90. The van der Waals surface area contributed by atoms with Gasteiger partial charge in [-0.15, -0.1) is 0 Å². The SMILES string of the molecule is C=C(CCc1ccccc1)CNC(=O)c1ccccc1. The van der Waals surface area contributed by atoms with E-state index in [0.29, 0.717) is 12.1 Å². The van der Waals surface area contributed by atoms with Gasteiger partial charge in [0.25, 0.3) is 5.91 Å². The summed E-state index contributed by atoms with van der Waals surface area (Å²) >= 11 is 0. The molecule has 2 aromatic rings. The van der Waals surface area contributed by atoms with Crippen molar-refractivity contribution < 1.29 is 4.79 Å². The standard InChI is InChI=1S/C18H19NO/c1-15(12-13-16-8-4-2-5-9-16)14-19-18(20)17-10-6-3-7-11-17/h2-11H,1,12-14H2,(H,19,20). The Balaban J connectivity index is 1.74. The molecule has 2 heteroatoms. The van der Waals surface area contributed by atoms with Gasteiger partial charge in [0, 0.05) is 12.1 Å². The van der Waals surface area contributed by atoms with Crippen LogP contribution in [0.3, 0.4) is 0 Å². The second-order valence-electron chi connectivity index (χ2n) is 4.78. The number of carbonyl (C=O) groups excluding carboxylic acids is 1. The van der Waals surface area contributed by atoms with Crippen LogP contribution < -0.4 is 5.32 Å². The zero-order chi connectivity index (χ0) is 14.2. The van der Waals surface area contributed by atoms with Crippen LogP contribution in [0.2, 0.25) is 0 Å². The van der Waals surface area contributed by atoms with E-state index < -0.39 is 0 Å². The molecule has 1 amide bonds. The summed E-state index contributed by atoms with van der Waals surface area (Å²) in [4.78, 5) is 11.9. The van der Waals surface area contributed by atoms with Gasteiger partial charge >= 0.3 is 0 Å². The fraction of sp³-hybridized carbons (Fsp3) is 0.167. The molecule has 0 bridgehead atoms. The van der Waals surface area contributed by atoms with Gasteiger partial charge in [-0.1, -0.05) is 60.7 Å². The van der Waals surface area contributed by atoms with Crippen LogP contribution in [0.15, 0.2) is 72.8 Å². The molecule has 0 heterocycles. The number of amides is 1. The van der Waals surface area contributed by atoms with Crippen molar-refractivity contribution in [3.63, 3.8) is 0 Å². The maximum atomic E-state index is 11.9. The van der Waals surface area contributed by atoms with E-state index in [1.54, 1.807) is 0 Å². The van der Waals surface area contributed by atoms with Gasteiger partial charge in [0.1, 0.15) is 0 Å². The fourth-order valence-corrected chi connectivity index (χ4v) is 1.95. The lowest BCUT2D eigenvalue weighted by Gasteiger charge is -2.08. The van der Waals surface area contributed by atoms with E-state index in [-0.39, 0.29) is 5.91 Å². The molecular formula is C18H19NO. The number of hydrogen-bond donors (Lipinski definition) is 1. The van der Waals surface area contributed by atoms with Crippen molar-refractivity contribution in [3.05, 3.63) is 83.9 Å². The summed E-state index contributed by atoms with van der Waals surface area (Å²) < 4.78 is 0. The molecule has 0 saturated heterocycles. The molecule has 102 valence electrons. The molecule has 0 saturated carbocycles. The minimum Gasteiger partial charge on any atom is -0.348 e. The molecule has 2 nitrogen and oxygen atoms in total. The molecule has 0 aliphatic heterocycles. The van der Waals surface area contributed by atoms with Gasteiger partial charge in [0.2, 0.25) is 0 Å². The number of hydrogen-bond acceptors (Lipinski definition) is 1. The molecule has 0 aliphatic rings. The Hall–Kier alpha value is -2.35. The highest BCUT2D eigenvalue weighted by Crippen LogP contribution is 2.07. The van der Waals surface area contributed by atoms with Crippen molar-refractivity contribution in [1.29, 1.82) is 0 Å². The Morgan fingerprint density at radius 1 is 0.950 bits per heavy atom. The predicted molar refractivity (Wildman–Crippen MR) is 82.7 cm³/mol. The van der Waals surface area contributed by atoms with Gasteiger partial charge in [-0.3, -0.25) is 4.79 Å². The highest BCUT2D eigenvalue weighted by Gasteiger charge is 2.04. The van der Waals surface area contributed by atoms with Crippen molar-refractivity contribution in [3.8, 4) is 0 Å². The van der Waals surface area contributed by atoms with Crippen molar-refractivity contribution in [2.75, 3.05) is 6.54 Å². The number of aryl methyl sites for hydroxylation is 1. The van der Waals surface area contributed by atoms with Crippen LogP contribution in [0.4, 0.5) is 0 Å². The zero-order valence-corrected chi connectivity index (χ0v) is 11.5. The van der Waals surface area contributed by atoms with E-state index in [1.165, 1.54) is 5.56 Å². The van der Waals surface area contributed by atoms with Crippen LogP contribution in [0.5, 0.6) is 0 Å².